The summed E-state index contributed by atoms with van der Waals surface area (Å²) in [4.78, 5) is 0. The second-order valence-corrected chi connectivity index (χ2v) is 6.98. The first-order chi connectivity index (χ1) is 8.42. The molecule has 0 heterocycles. The number of hydrogen-bond acceptors (Lipinski definition) is 0. The third kappa shape index (κ3) is 1.59. The summed E-state index contributed by atoms with van der Waals surface area (Å²) in [6.45, 7) is 9.56. The molecule has 0 radical (unpaired) electrons. The van der Waals surface area contributed by atoms with Gasteiger partial charge < -0.3 is 0 Å². The van der Waals surface area contributed by atoms with E-state index >= 15 is 0 Å². The topological polar surface area (TPSA) is 0 Å². The minimum atomic E-state index is 0.297. The van der Waals surface area contributed by atoms with Crippen molar-refractivity contribution < 1.29 is 0 Å². The van der Waals surface area contributed by atoms with E-state index in [9.17, 15) is 0 Å². The lowest BCUT2D eigenvalue weighted by molar-refractivity contribution is 0.334. The predicted octanol–water partition coefficient (Wildman–Crippen LogP) is 5.19. The van der Waals surface area contributed by atoms with Gasteiger partial charge in [-0.2, -0.15) is 0 Å². The molecule has 0 spiro atoms. The fourth-order valence-corrected chi connectivity index (χ4v) is 3.45. The van der Waals surface area contributed by atoms with E-state index in [-0.39, 0.29) is 0 Å². The largest absolute Gasteiger partial charge is 0.0616 e. The molecule has 2 aromatic rings. The van der Waals surface area contributed by atoms with Gasteiger partial charge in [0, 0.05) is 0 Å². The van der Waals surface area contributed by atoms with Crippen molar-refractivity contribution in [3.05, 3.63) is 47.5 Å². The minimum absolute atomic E-state index is 0.297. The number of benzene rings is 2. The second-order valence-electron chi connectivity index (χ2n) is 6.98. The molecule has 0 bridgehead atoms. The molecule has 0 amide bonds. The summed E-state index contributed by atoms with van der Waals surface area (Å²) in [6.07, 6.45) is 2.56. The van der Waals surface area contributed by atoms with Crippen LogP contribution in [0.4, 0.5) is 0 Å². The quantitative estimate of drug-likeness (QED) is 0.592. The van der Waals surface area contributed by atoms with Crippen LogP contribution in [0.25, 0.3) is 10.8 Å². The lowest BCUT2D eigenvalue weighted by Gasteiger charge is -2.42. The molecule has 0 saturated heterocycles. The lowest BCUT2D eigenvalue weighted by atomic mass is 9.62. The molecule has 0 heteroatoms. The highest BCUT2D eigenvalue weighted by Crippen LogP contribution is 2.48. The highest BCUT2D eigenvalue weighted by molar-refractivity contribution is 5.88. The molecule has 94 valence electrons. The van der Waals surface area contributed by atoms with Crippen LogP contribution in [0.3, 0.4) is 0 Å². The minimum Gasteiger partial charge on any atom is -0.0616 e. The monoisotopic (exact) mass is 238 g/mol. The number of fused-ring (bicyclic) bond motifs is 3. The van der Waals surface area contributed by atoms with E-state index in [1.807, 2.05) is 0 Å². The van der Waals surface area contributed by atoms with Gasteiger partial charge in [0.25, 0.3) is 0 Å². The van der Waals surface area contributed by atoms with Gasteiger partial charge in [-0.25, -0.2) is 0 Å². The Labute approximate surface area is 110 Å². The molecule has 0 aliphatic heterocycles. The van der Waals surface area contributed by atoms with Crippen LogP contribution in [0, 0.1) is 0 Å². The first-order valence-electron chi connectivity index (χ1n) is 6.95. The van der Waals surface area contributed by atoms with Crippen LogP contribution in [0.2, 0.25) is 0 Å². The third-order valence-corrected chi connectivity index (χ3v) is 4.71. The molecule has 0 saturated carbocycles. The van der Waals surface area contributed by atoms with Crippen LogP contribution in [0.1, 0.15) is 51.7 Å². The summed E-state index contributed by atoms with van der Waals surface area (Å²) in [5.74, 6) is 0. The molecule has 1 aliphatic rings. The van der Waals surface area contributed by atoms with Crippen molar-refractivity contribution in [2.75, 3.05) is 0 Å². The smallest absolute Gasteiger partial charge is 0.00941 e. The van der Waals surface area contributed by atoms with E-state index < -0.39 is 0 Å². The Bertz CT molecular complexity index is 602. The van der Waals surface area contributed by atoms with E-state index in [4.69, 9.17) is 0 Å². The van der Waals surface area contributed by atoms with E-state index in [1.165, 1.54) is 23.6 Å². The zero-order valence-corrected chi connectivity index (χ0v) is 11.9. The molecule has 2 aromatic carbocycles. The maximum atomic E-state index is 2.40. The van der Waals surface area contributed by atoms with E-state index in [1.54, 1.807) is 11.1 Å². The highest BCUT2D eigenvalue weighted by Gasteiger charge is 2.37. The van der Waals surface area contributed by atoms with Crippen molar-refractivity contribution >= 4 is 10.8 Å². The summed E-state index contributed by atoms with van der Waals surface area (Å²) < 4.78 is 0. The van der Waals surface area contributed by atoms with E-state index in [0.29, 0.717) is 10.8 Å². The first-order valence-corrected chi connectivity index (χ1v) is 6.95. The fraction of sp³-hybridized carbons (Fsp3) is 0.444. The van der Waals surface area contributed by atoms with Crippen LogP contribution in [0.15, 0.2) is 36.4 Å². The first kappa shape index (κ1) is 11.8. The maximum absolute atomic E-state index is 2.40. The molecule has 0 fully saturated rings. The average molecular weight is 238 g/mol. The summed E-state index contributed by atoms with van der Waals surface area (Å²) >= 11 is 0. The van der Waals surface area contributed by atoms with E-state index in [0.717, 1.165) is 0 Å². The summed E-state index contributed by atoms with van der Waals surface area (Å²) in [5.41, 5.74) is 3.75. The van der Waals surface area contributed by atoms with Crippen molar-refractivity contribution in [1.29, 1.82) is 0 Å². The molecule has 1 aliphatic carbocycles. The van der Waals surface area contributed by atoms with Gasteiger partial charge in [-0.05, 0) is 45.6 Å². The Hall–Kier alpha value is -1.30. The van der Waals surface area contributed by atoms with Gasteiger partial charge in [-0.1, -0.05) is 64.1 Å². The van der Waals surface area contributed by atoms with Gasteiger partial charge in [0.05, 0.1) is 0 Å². The van der Waals surface area contributed by atoms with Gasteiger partial charge in [0.2, 0.25) is 0 Å². The molecule has 0 nitrogen and oxygen atoms in total. The lowest BCUT2D eigenvalue weighted by Crippen LogP contribution is -2.33. The molecule has 0 atom stereocenters. The fourth-order valence-electron chi connectivity index (χ4n) is 3.45. The summed E-state index contributed by atoms with van der Waals surface area (Å²) in [6, 6.07) is 13.5. The SMILES string of the molecule is CC1(C)CCC(C)(C)c2c1ccc1ccccc21. The molecule has 0 N–H and O–H groups in total. The Kier molecular flexibility index (Phi) is 2.35. The van der Waals surface area contributed by atoms with Crippen LogP contribution < -0.4 is 0 Å². The van der Waals surface area contributed by atoms with Gasteiger partial charge in [-0.3, -0.25) is 0 Å². The number of rotatable bonds is 0. The zero-order valence-electron chi connectivity index (χ0n) is 11.9. The highest BCUT2D eigenvalue weighted by atomic mass is 14.4. The van der Waals surface area contributed by atoms with Crippen LogP contribution in [-0.4, -0.2) is 0 Å². The van der Waals surface area contributed by atoms with Gasteiger partial charge >= 0.3 is 0 Å². The van der Waals surface area contributed by atoms with Gasteiger partial charge in [0.15, 0.2) is 0 Å². The second kappa shape index (κ2) is 3.60. The molecule has 0 unspecified atom stereocenters. The molecule has 18 heavy (non-hydrogen) atoms. The van der Waals surface area contributed by atoms with Crippen LogP contribution in [0.5, 0.6) is 0 Å². The van der Waals surface area contributed by atoms with Crippen molar-refractivity contribution in [3.8, 4) is 0 Å². The predicted molar refractivity (Wildman–Crippen MR) is 79.2 cm³/mol. The van der Waals surface area contributed by atoms with E-state index in [2.05, 4.69) is 64.1 Å². The van der Waals surface area contributed by atoms with Crippen molar-refractivity contribution in [2.45, 2.75) is 51.4 Å². The normalized spacial score (nSPS) is 20.7. The number of hydrogen-bond donors (Lipinski definition) is 0. The zero-order chi connectivity index (χ0) is 13.0. The van der Waals surface area contributed by atoms with Crippen molar-refractivity contribution in [1.82, 2.24) is 0 Å². The Morgan fingerprint density at radius 1 is 0.778 bits per heavy atom. The molecular formula is C18H22. The maximum Gasteiger partial charge on any atom is -0.00941 e. The molecular weight excluding hydrogens is 216 g/mol. The Morgan fingerprint density at radius 3 is 2.22 bits per heavy atom. The summed E-state index contributed by atoms with van der Waals surface area (Å²) in [5, 5.41) is 2.83. The Morgan fingerprint density at radius 2 is 1.44 bits per heavy atom. The van der Waals surface area contributed by atoms with Crippen molar-refractivity contribution in [2.24, 2.45) is 0 Å². The standard InChI is InChI=1S/C18H22/c1-17(2)11-12-18(3,4)16-14-8-6-5-7-13(14)9-10-15(16)17/h5-10H,11-12H2,1-4H3. The van der Waals surface area contributed by atoms with Crippen molar-refractivity contribution in [3.63, 3.8) is 0 Å². The third-order valence-electron chi connectivity index (χ3n) is 4.71. The Balaban J connectivity index is 2.42. The van der Waals surface area contributed by atoms with Crippen LogP contribution >= 0.6 is 0 Å². The van der Waals surface area contributed by atoms with Crippen LogP contribution in [-0.2, 0) is 10.8 Å². The average Bonchev–Trinajstić information content (AvgIpc) is 2.34. The molecule has 0 aromatic heterocycles. The molecule has 3 rings (SSSR count). The van der Waals surface area contributed by atoms with Gasteiger partial charge in [-0.15, -0.1) is 0 Å². The summed E-state index contributed by atoms with van der Waals surface area (Å²) in [7, 11) is 0. The van der Waals surface area contributed by atoms with Gasteiger partial charge in [0.1, 0.15) is 0 Å².